The highest BCUT2D eigenvalue weighted by Crippen LogP contribution is 2.31. The Morgan fingerprint density at radius 2 is 1.38 bits per heavy atom. The van der Waals surface area contributed by atoms with Gasteiger partial charge in [-0.1, -0.05) is 91.0 Å². The first-order valence-electron chi connectivity index (χ1n) is 11.0. The molecule has 2 atom stereocenters. The van der Waals surface area contributed by atoms with Gasteiger partial charge in [0.1, 0.15) is 0 Å². The van der Waals surface area contributed by atoms with E-state index < -0.39 is 0 Å². The molecule has 1 unspecified atom stereocenters. The Labute approximate surface area is 196 Å². The van der Waals surface area contributed by atoms with Gasteiger partial charge in [-0.3, -0.25) is 9.69 Å². The van der Waals surface area contributed by atoms with Crippen molar-refractivity contribution < 1.29 is 9.90 Å². The minimum absolute atomic E-state index is 0. The van der Waals surface area contributed by atoms with Crippen LogP contribution < -0.4 is 0 Å². The zero-order chi connectivity index (χ0) is 21.6. The van der Waals surface area contributed by atoms with E-state index in [-0.39, 0.29) is 36.4 Å². The molecule has 1 N–H and O–H groups in total. The molecule has 0 bridgehead atoms. The van der Waals surface area contributed by atoms with Crippen molar-refractivity contribution in [3.05, 3.63) is 108 Å². The molecular formula is C27H31ClN2O2. The molecule has 0 aliphatic carbocycles. The van der Waals surface area contributed by atoms with Crippen molar-refractivity contribution in [1.29, 1.82) is 0 Å². The summed E-state index contributed by atoms with van der Waals surface area (Å²) in [4.78, 5) is 18.1. The molecule has 1 fully saturated rings. The van der Waals surface area contributed by atoms with E-state index in [0.717, 1.165) is 29.7 Å². The number of likely N-dealkylation sites (N-methyl/N-ethyl adjacent to an activating group) is 1. The van der Waals surface area contributed by atoms with E-state index in [9.17, 15) is 9.90 Å². The van der Waals surface area contributed by atoms with Crippen LogP contribution in [0.4, 0.5) is 0 Å². The highest BCUT2D eigenvalue weighted by Gasteiger charge is 2.32. The van der Waals surface area contributed by atoms with E-state index in [1.165, 1.54) is 0 Å². The Morgan fingerprint density at radius 1 is 0.906 bits per heavy atom. The Morgan fingerprint density at radius 3 is 1.81 bits per heavy atom. The summed E-state index contributed by atoms with van der Waals surface area (Å²) in [5.74, 6) is -0.284. The van der Waals surface area contributed by atoms with Gasteiger partial charge in [0.25, 0.3) is 0 Å². The van der Waals surface area contributed by atoms with E-state index in [1.807, 2.05) is 90.8 Å². The van der Waals surface area contributed by atoms with E-state index in [0.29, 0.717) is 13.1 Å². The normalized spacial score (nSPS) is 17.0. The van der Waals surface area contributed by atoms with Crippen LogP contribution in [0.2, 0.25) is 0 Å². The summed E-state index contributed by atoms with van der Waals surface area (Å²) in [6, 6.07) is 30.1. The molecule has 4 rings (SSSR count). The Hall–Kier alpha value is -2.66. The lowest BCUT2D eigenvalue weighted by molar-refractivity contribution is -0.133. The monoisotopic (exact) mass is 450 g/mol. The van der Waals surface area contributed by atoms with Crippen LogP contribution in [0.25, 0.3) is 0 Å². The van der Waals surface area contributed by atoms with E-state index in [1.54, 1.807) is 0 Å². The number of likely N-dealkylation sites (tertiary alicyclic amines) is 1. The predicted octanol–water partition coefficient (Wildman–Crippen LogP) is 4.51. The molecule has 3 aromatic rings. The van der Waals surface area contributed by atoms with Crippen LogP contribution >= 0.6 is 12.4 Å². The summed E-state index contributed by atoms with van der Waals surface area (Å²) < 4.78 is 0. The summed E-state index contributed by atoms with van der Waals surface area (Å²) >= 11 is 0. The standard InChI is InChI=1S/C27H30N2O2.ClH/c1-28(25(21-11-5-2-6-12-21)20-29-18-17-24(30)19-29)27(31)26(22-13-7-3-8-14-22)23-15-9-4-10-16-23;/h2-16,24-26,30H,17-20H2,1H3;1H/t24?,25-;/m1./s1. The van der Waals surface area contributed by atoms with Crippen molar-refractivity contribution >= 4 is 18.3 Å². The van der Waals surface area contributed by atoms with Crippen LogP contribution in [0.1, 0.15) is 35.1 Å². The van der Waals surface area contributed by atoms with Crippen molar-refractivity contribution in [3.8, 4) is 0 Å². The highest BCUT2D eigenvalue weighted by atomic mass is 35.5. The molecule has 4 nitrogen and oxygen atoms in total. The van der Waals surface area contributed by atoms with Crippen molar-refractivity contribution in [2.24, 2.45) is 0 Å². The number of benzene rings is 3. The number of aliphatic hydroxyl groups is 1. The smallest absolute Gasteiger partial charge is 0.234 e. The molecule has 32 heavy (non-hydrogen) atoms. The number of halogens is 1. The number of carbonyl (C=O) groups is 1. The van der Waals surface area contributed by atoms with E-state index in [4.69, 9.17) is 0 Å². The number of nitrogens with zero attached hydrogens (tertiary/aromatic N) is 2. The zero-order valence-electron chi connectivity index (χ0n) is 18.4. The summed E-state index contributed by atoms with van der Waals surface area (Å²) in [7, 11) is 1.91. The van der Waals surface area contributed by atoms with Gasteiger partial charge in [-0.05, 0) is 23.1 Å². The van der Waals surface area contributed by atoms with Gasteiger partial charge in [-0.2, -0.15) is 0 Å². The van der Waals surface area contributed by atoms with E-state index in [2.05, 4.69) is 17.0 Å². The fraction of sp³-hybridized carbons (Fsp3) is 0.296. The van der Waals surface area contributed by atoms with Gasteiger partial charge in [0.15, 0.2) is 0 Å². The molecule has 1 aliphatic heterocycles. The molecule has 3 aromatic carbocycles. The predicted molar refractivity (Wildman–Crippen MR) is 131 cm³/mol. The van der Waals surface area contributed by atoms with Gasteiger partial charge in [-0.25, -0.2) is 0 Å². The third kappa shape index (κ3) is 5.57. The Balaban J connectivity index is 0.00000289. The average Bonchev–Trinajstić information content (AvgIpc) is 3.24. The summed E-state index contributed by atoms with van der Waals surface area (Å²) in [6.45, 7) is 2.22. The van der Waals surface area contributed by atoms with Gasteiger partial charge in [0.05, 0.1) is 18.1 Å². The third-order valence-corrected chi connectivity index (χ3v) is 6.19. The first-order valence-corrected chi connectivity index (χ1v) is 11.0. The van der Waals surface area contributed by atoms with E-state index >= 15 is 0 Å². The Bertz CT molecular complexity index is 929. The number of hydrogen-bond acceptors (Lipinski definition) is 3. The maximum atomic E-state index is 14.0. The van der Waals surface area contributed by atoms with Gasteiger partial charge in [-0.15, -0.1) is 12.4 Å². The molecule has 1 saturated heterocycles. The van der Waals surface area contributed by atoms with Crippen LogP contribution in [0, 0.1) is 0 Å². The molecule has 168 valence electrons. The fourth-order valence-electron chi connectivity index (χ4n) is 4.48. The second kappa shape index (κ2) is 11.3. The molecule has 0 aromatic heterocycles. The lowest BCUT2D eigenvalue weighted by Crippen LogP contribution is -2.41. The van der Waals surface area contributed by atoms with Crippen LogP contribution in [0.5, 0.6) is 0 Å². The quantitative estimate of drug-likeness (QED) is 0.576. The molecule has 0 saturated carbocycles. The van der Waals surface area contributed by atoms with Crippen LogP contribution in [0.15, 0.2) is 91.0 Å². The van der Waals surface area contributed by atoms with Crippen molar-refractivity contribution in [2.45, 2.75) is 24.5 Å². The molecule has 5 heteroatoms. The number of amides is 1. The van der Waals surface area contributed by atoms with Crippen molar-refractivity contribution in [3.63, 3.8) is 0 Å². The topological polar surface area (TPSA) is 43.8 Å². The SMILES string of the molecule is CN(C(=O)C(c1ccccc1)c1ccccc1)[C@H](CN1CCC(O)C1)c1ccccc1.Cl. The molecule has 1 amide bonds. The van der Waals surface area contributed by atoms with Crippen LogP contribution in [-0.4, -0.2) is 53.6 Å². The van der Waals surface area contributed by atoms with Crippen molar-refractivity contribution in [2.75, 3.05) is 26.7 Å². The van der Waals surface area contributed by atoms with Gasteiger partial charge in [0, 0.05) is 26.7 Å². The number of carbonyl (C=O) groups excluding carboxylic acids is 1. The third-order valence-electron chi connectivity index (χ3n) is 6.19. The van der Waals surface area contributed by atoms with Gasteiger partial charge in [0.2, 0.25) is 5.91 Å². The molecule has 1 heterocycles. The molecule has 0 spiro atoms. The lowest BCUT2D eigenvalue weighted by atomic mass is 9.89. The van der Waals surface area contributed by atoms with Gasteiger partial charge >= 0.3 is 0 Å². The Kier molecular flexibility index (Phi) is 8.46. The first kappa shape index (κ1) is 24.0. The first-order chi connectivity index (χ1) is 15.1. The van der Waals surface area contributed by atoms with Crippen molar-refractivity contribution in [1.82, 2.24) is 9.80 Å². The molecule has 1 aliphatic rings. The average molecular weight is 451 g/mol. The van der Waals surface area contributed by atoms with Crippen LogP contribution in [-0.2, 0) is 4.79 Å². The second-order valence-electron chi connectivity index (χ2n) is 8.33. The minimum Gasteiger partial charge on any atom is -0.392 e. The van der Waals surface area contributed by atoms with Crippen LogP contribution in [0.3, 0.4) is 0 Å². The highest BCUT2D eigenvalue weighted by molar-refractivity contribution is 5.87. The summed E-state index contributed by atoms with van der Waals surface area (Å²) in [5.41, 5.74) is 3.10. The summed E-state index contributed by atoms with van der Waals surface area (Å²) in [6.07, 6.45) is 0.509. The zero-order valence-corrected chi connectivity index (χ0v) is 19.2. The fourth-order valence-corrected chi connectivity index (χ4v) is 4.48. The maximum absolute atomic E-state index is 14.0. The lowest BCUT2D eigenvalue weighted by Gasteiger charge is -2.34. The second-order valence-corrected chi connectivity index (χ2v) is 8.33. The number of hydrogen-bond donors (Lipinski definition) is 1. The summed E-state index contributed by atoms with van der Waals surface area (Å²) in [5, 5.41) is 9.99. The molecular weight excluding hydrogens is 420 g/mol. The van der Waals surface area contributed by atoms with Gasteiger partial charge < -0.3 is 10.0 Å². The maximum Gasteiger partial charge on any atom is 0.234 e. The number of β-amino-alcohol motifs (C(OH)–C–C–N with tert-alkyl or cyclic N) is 1. The largest absolute Gasteiger partial charge is 0.392 e. The number of aliphatic hydroxyl groups excluding tert-OH is 1. The number of rotatable bonds is 7. The molecule has 0 radical (unpaired) electrons. The minimum atomic E-state index is -0.359.